The Morgan fingerprint density at radius 2 is 1.59 bits per heavy atom. The summed E-state index contributed by atoms with van der Waals surface area (Å²) in [7, 11) is 0. The number of hydrogen-bond donors (Lipinski definition) is 2. The summed E-state index contributed by atoms with van der Waals surface area (Å²) >= 11 is 0. The number of nitrogen functional groups attached to an aromatic ring is 1. The van der Waals surface area contributed by atoms with Crippen molar-refractivity contribution in [1.29, 1.82) is 0 Å². The van der Waals surface area contributed by atoms with E-state index < -0.39 is 0 Å². The summed E-state index contributed by atoms with van der Waals surface area (Å²) in [5.74, 6) is 1.68. The molecular weight excluding hydrogens is 338 g/mol. The van der Waals surface area contributed by atoms with Gasteiger partial charge in [0.05, 0.1) is 18.0 Å². The molecule has 27 heavy (non-hydrogen) atoms. The number of nitrogens with one attached hydrogen (secondary N) is 1. The molecule has 0 aliphatic heterocycles. The van der Waals surface area contributed by atoms with Gasteiger partial charge in [0.25, 0.3) is 0 Å². The molecule has 142 valence electrons. The first-order valence-corrected chi connectivity index (χ1v) is 9.50. The molecule has 0 radical (unpaired) electrons. The number of ether oxygens (including phenoxy) is 2. The van der Waals surface area contributed by atoms with E-state index in [1.54, 1.807) is 0 Å². The van der Waals surface area contributed by atoms with Crippen LogP contribution < -0.4 is 15.2 Å². The largest absolute Gasteiger partial charge is 0.494 e. The van der Waals surface area contributed by atoms with Gasteiger partial charge < -0.3 is 15.2 Å². The second-order valence-electron chi connectivity index (χ2n) is 6.57. The van der Waals surface area contributed by atoms with Gasteiger partial charge in [-0.05, 0) is 61.0 Å². The first-order chi connectivity index (χ1) is 13.2. The maximum absolute atomic E-state index is 5.79. The molecule has 0 atom stereocenters. The molecule has 3 aromatic rings. The third-order valence-electron chi connectivity index (χ3n) is 4.32. The van der Waals surface area contributed by atoms with Crippen molar-refractivity contribution in [2.75, 3.05) is 12.3 Å². The molecule has 3 rings (SSSR count). The zero-order valence-electron chi connectivity index (χ0n) is 15.8. The Kier molecular flexibility index (Phi) is 6.74. The molecule has 2 aromatic carbocycles. The maximum atomic E-state index is 5.79. The molecule has 1 heterocycles. The van der Waals surface area contributed by atoms with Gasteiger partial charge >= 0.3 is 0 Å². The summed E-state index contributed by atoms with van der Waals surface area (Å²) < 4.78 is 11.5. The van der Waals surface area contributed by atoms with E-state index in [9.17, 15) is 0 Å². The monoisotopic (exact) mass is 365 g/mol. The highest BCUT2D eigenvalue weighted by molar-refractivity contribution is 5.60. The number of benzene rings is 2. The highest BCUT2D eigenvalue weighted by Gasteiger charge is 2.05. The summed E-state index contributed by atoms with van der Waals surface area (Å²) in [6.07, 6.45) is 4.84. The van der Waals surface area contributed by atoms with Crippen molar-refractivity contribution in [3.63, 3.8) is 0 Å². The van der Waals surface area contributed by atoms with Crippen molar-refractivity contribution in [2.24, 2.45) is 0 Å². The van der Waals surface area contributed by atoms with Gasteiger partial charge in [-0.25, -0.2) is 0 Å². The van der Waals surface area contributed by atoms with Crippen molar-refractivity contribution in [3.8, 4) is 22.8 Å². The van der Waals surface area contributed by atoms with Crippen LogP contribution in [0.5, 0.6) is 11.5 Å². The van der Waals surface area contributed by atoms with Crippen LogP contribution in [0.4, 0.5) is 5.69 Å². The SMILES string of the molecule is CCCCCCOc1ccc(-c2cc(COc3ccc(N)cc3)[nH]n2)cc1. The molecule has 5 heteroatoms. The fourth-order valence-corrected chi connectivity index (χ4v) is 2.75. The molecule has 0 unspecified atom stereocenters. The molecular formula is C22H27N3O2. The highest BCUT2D eigenvalue weighted by atomic mass is 16.5. The van der Waals surface area contributed by atoms with Crippen LogP contribution in [0.3, 0.4) is 0 Å². The van der Waals surface area contributed by atoms with Crippen LogP contribution in [-0.2, 0) is 6.61 Å². The summed E-state index contributed by atoms with van der Waals surface area (Å²) in [5, 5.41) is 7.40. The Bertz CT molecular complexity index is 810. The lowest BCUT2D eigenvalue weighted by Crippen LogP contribution is -1.96. The van der Waals surface area contributed by atoms with E-state index in [1.807, 2.05) is 54.6 Å². The molecule has 0 spiro atoms. The first kappa shape index (κ1) is 18.8. The molecule has 0 saturated carbocycles. The molecule has 0 aliphatic rings. The van der Waals surface area contributed by atoms with Crippen LogP contribution in [0.15, 0.2) is 54.6 Å². The smallest absolute Gasteiger partial charge is 0.130 e. The van der Waals surface area contributed by atoms with Gasteiger partial charge in [0.1, 0.15) is 18.1 Å². The Balaban J connectivity index is 1.50. The van der Waals surface area contributed by atoms with E-state index in [0.717, 1.165) is 47.2 Å². The van der Waals surface area contributed by atoms with E-state index in [2.05, 4.69) is 17.1 Å². The summed E-state index contributed by atoms with van der Waals surface area (Å²) in [5.41, 5.74) is 9.25. The predicted molar refractivity (Wildman–Crippen MR) is 109 cm³/mol. The summed E-state index contributed by atoms with van der Waals surface area (Å²) in [6.45, 7) is 3.41. The topological polar surface area (TPSA) is 73.2 Å². The van der Waals surface area contributed by atoms with Crippen molar-refractivity contribution in [1.82, 2.24) is 10.2 Å². The van der Waals surface area contributed by atoms with E-state index >= 15 is 0 Å². The molecule has 1 aromatic heterocycles. The van der Waals surface area contributed by atoms with Crippen molar-refractivity contribution in [2.45, 2.75) is 39.2 Å². The number of unbranched alkanes of at least 4 members (excludes halogenated alkanes) is 3. The molecule has 0 amide bonds. The fourth-order valence-electron chi connectivity index (χ4n) is 2.75. The fraction of sp³-hybridized carbons (Fsp3) is 0.318. The summed E-state index contributed by atoms with van der Waals surface area (Å²) in [4.78, 5) is 0. The molecule has 0 aliphatic carbocycles. The average molecular weight is 365 g/mol. The van der Waals surface area contributed by atoms with Gasteiger partial charge in [-0.3, -0.25) is 5.10 Å². The lowest BCUT2D eigenvalue weighted by atomic mass is 10.1. The van der Waals surface area contributed by atoms with Crippen LogP contribution in [0.25, 0.3) is 11.3 Å². The number of aromatic amines is 1. The Morgan fingerprint density at radius 1 is 0.889 bits per heavy atom. The van der Waals surface area contributed by atoms with E-state index in [1.165, 1.54) is 19.3 Å². The predicted octanol–water partition coefficient (Wildman–Crippen LogP) is 5.20. The van der Waals surface area contributed by atoms with E-state index in [-0.39, 0.29) is 0 Å². The quantitative estimate of drug-likeness (QED) is 0.383. The second kappa shape index (κ2) is 9.67. The number of anilines is 1. The Morgan fingerprint density at radius 3 is 2.33 bits per heavy atom. The molecule has 5 nitrogen and oxygen atoms in total. The van der Waals surface area contributed by atoms with Crippen LogP contribution in [0.2, 0.25) is 0 Å². The minimum absolute atomic E-state index is 0.426. The molecule has 0 fully saturated rings. The van der Waals surface area contributed by atoms with Crippen molar-refractivity contribution in [3.05, 3.63) is 60.3 Å². The average Bonchev–Trinajstić information content (AvgIpc) is 3.17. The Labute approximate surface area is 160 Å². The minimum atomic E-state index is 0.426. The number of hydrogen-bond acceptors (Lipinski definition) is 4. The van der Waals surface area contributed by atoms with Crippen molar-refractivity contribution >= 4 is 5.69 Å². The van der Waals surface area contributed by atoms with Crippen LogP contribution in [-0.4, -0.2) is 16.8 Å². The number of H-pyrrole nitrogens is 1. The zero-order valence-corrected chi connectivity index (χ0v) is 15.8. The lowest BCUT2D eigenvalue weighted by Gasteiger charge is -2.06. The van der Waals surface area contributed by atoms with Gasteiger partial charge in [0.2, 0.25) is 0 Å². The Hall–Kier alpha value is -2.95. The molecule has 3 N–H and O–H groups in total. The van der Waals surface area contributed by atoms with E-state index in [4.69, 9.17) is 15.2 Å². The lowest BCUT2D eigenvalue weighted by molar-refractivity contribution is 0.301. The highest BCUT2D eigenvalue weighted by Crippen LogP contribution is 2.22. The van der Waals surface area contributed by atoms with Crippen LogP contribution >= 0.6 is 0 Å². The normalized spacial score (nSPS) is 10.7. The number of nitrogens with two attached hydrogens (primary N) is 1. The first-order valence-electron chi connectivity index (χ1n) is 9.50. The van der Waals surface area contributed by atoms with Gasteiger partial charge in [-0.1, -0.05) is 26.2 Å². The van der Waals surface area contributed by atoms with Crippen LogP contribution in [0, 0.1) is 0 Å². The van der Waals surface area contributed by atoms with Crippen molar-refractivity contribution < 1.29 is 9.47 Å². The standard InChI is InChI=1S/C22H27N3O2/c1-2-3-4-5-14-26-20-10-6-17(7-11-20)22-15-19(24-25-22)16-27-21-12-8-18(23)9-13-21/h6-13,15H,2-5,14,16,23H2,1H3,(H,24,25). The number of aromatic nitrogens is 2. The second-order valence-corrected chi connectivity index (χ2v) is 6.57. The molecule has 0 bridgehead atoms. The van der Waals surface area contributed by atoms with Gasteiger partial charge in [0, 0.05) is 11.3 Å². The number of rotatable bonds is 10. The van der Waals surface area contributed by atoms with Gasteiger partial charge in [-0.2, -0.15) is 5.10 Å². The van der Waals surface area contributed by atoms with E-state index in [0.29, 0.717) is 6.61 Å². The maximum Gasteiger partial charge on any atom is 0.130 e. The summed E-state index contributed by atoms with van der Waals surface area (Å²) in [6, 6.07) is 17.4. The third kappa shape index (κ3) is 5.78. The van der Waals surface area contributed by atoms with Gasteiger partial charge in [0.15, 0.2) is 0 Å². The third-order valence-corrected chi connectivity index (χ3v) is 4.32. The molecule has 0 saturated heterocycles. The number of nitrogens with zero attached hydrogens (tertiary/aromatic N) is 1. The van der Waals surface area contributed by atoms with Gasteiger partial charge in [-0.15, -0.1) is 0 Å². The minimum Gasteiger partial charge on any atom is -0.494 e. The zero-order chi connectivity index (χ0) is 18.9. The van der Waals surface area contributed by atoms with Crippen LogP contribution in [0.1, 0.15) is 38.3 Å².